The van der Waals surface area contributed by atoms with Crippen molar-refractivity contribution in [2.75, 3.05) is 20.3 Å². The van der Waals surface area contributed by atoms with Gasteiger partial charge in [0, 0.05) is 31.5 Å². The van der Waals surface area contributed by atoms with E-state index in [0.29, 0.717) is 32.6 Å². The number of methoxy groups -OCH3 is 1. The van der Waals surface area contributed by atoms with Gasteiger partial charge in [0.25, 0.3) is 0 Å². The topological polar surface area (TPSA) is 129 Å². The van der Waals surface area contributed by atoms with Gasteiger partial charge in [-0.25, -0.2) is 0 Å². The second kappa shape index (κ2) is 15.0. The molecule has 0 unspecified atom stereocenters. The number of carbonyl (C=O) groups is 2. The summed E-state index contributed by atoms with van der Waals surface area (Å²) in [5, 5.41) is 33.0. The third kappa shape index (κ3) is 8.04. The van der Waals surface area contributed by atoms with E-state index in [1.165, 1.54) is 7.11 Å². The van der Waals surface area contributed by atoms with Gasteiger partial charge in [0.1, 0.15) is 12.2 Å². The molecule has 1 aliphatic carbocycles. The molecule has 0 aromatic heterocycles. The Morgan fingerprint density at radius 3 is 2.59 bits per heavy atom. The predicted molar refractivity (Wildman–Crippen MR) is 155 cm³/mol. The number of ether oxygens (including phenoxy) is 2. The van der Waals surface area contributed by atoms with Crippen molar-refractivity contribution in [2.24, 2.45) is 0 Å². The van der Waals surface area contributed by atoms with Crippen LogP contribution < -0.4 is 14.8 Å². The SMILES string of the molecule is C=CCCC(=O)N(Cc1ccccc1)[C@@H]1CC(C(=O)NCCO)=C[C@H](Oc2c(I)cc(CO)cc2OC)[C@H]1O. The lowest BCUT2D eigenvalue weighted by Gasteiger charge is -2.40. The molecule has 0 spiro atoms. The van der Waals surface area contributed by atoms with Gasteiger partial charge in [0.2, 0.25) is 11.8 Å². The van der Waals surface area contributed by atoms with Crippen LogP contribution in [0, 0.1) is 3.57 Å². The highest BCUT2D eigenvalue weighted by molar-refractivity contribution is 14.1. The first kappa shape index (κ1) is 30.6. The lowest BCUT2D eigenvalue weighted by Crippen LogP contribution is -2.54. The van der Waals surface area contributed by atoms with Gasteiger partial charge in [-0.3, -0.25) is 9.59 Å². The van der Waals surface area contributed by atoms with Crippen molar-refractivity contribution < 1.29 is 34.4 Å². The minimum absolute atomic E-state index is 0.0647. The summed E-state index contributed by atoms with van der Waals surface area (Å²) in [7, 11) is 1.48. The average molecular weight is 651 g/mol. The summed E-state index contributed by atoms with van der Waals surface area (Å²) in [5.74, 6) is 0.116. The van der Waals surface area contributed by atoms with E-state index >= 15 is 0 Å². The number of rotatable bonds is 13. The molecule has 0 aliphatic heterocycles. The van der Waals surface area contributed by atoms with Gasteiger partial charge >= 0.3 is 0 Å². The highest BCUT2D eigenvalue weighted by Gasteiger charge is 2.40. The highest BCUT2D eigenvalue weighted by atomic mass is 127. The van der Waals surface area contributed by atoms with Gasteiger partial charge < -0.3 is 35.0 Å². The number of amides is 2. The maximum Gasteiger partial charge on any atom is 0.247 e. The summed E-state index contributed by atoms with van der Waals surface area (Å²) < 4.78 is 12.4. The molecular weight excluding hydrogens is 615 g/mol. The monoisotopic (exact) mass is 650 g/mol. The number of benzene rings is 2. The van der Waals surface area contributed by atoms with Crippen LogP contribution in [0.5, 0.6) is 11.5 Å². The van der Waals surface area contributed by atoms with Crippen LogP contribution in [-0.4, -0.2) is 70.5 Å². The molecule has 10 heteroatoms. The Morgan fingerprint density at radius 2 is 1.95 bits per heavy atom. The van der Waals surface area contributed by atoms with Crippen LogP contribution in [0.15, 0.2) is 66.8 Å². The van der Waals surface area contributed by atoms with E-state index in [1.807, 2.05) is 30.3 Å². The normalized spacial score (nSPS) is 18.6. The first-order valence-corrected chi connectivity index (χ1v) is 13.8. The summed E-state index contributed by atoms with van der Waals surface area (Å²) in [6.07, 6.45) is 1.83. The smallest absolute Gasteiger partial charge is 0.247 e. The summed E-state index contributed by atoms with van der Waals surface area (Å²) in [4.78, 5) is 28.0. The second-order valence-electron chi connectivity index (χ2n) is 9.12. The van der Waals surface area contributed by atoms with E-state index in [4.69, 9.17) is 9.47 Å². The zero-order valence-electron chi connectivity index (χ0n) is 21.9. The van der Waals surface area contributed by atoms with Crippen LogP contribution in [-0.2, 0) is 22.7 Å². The first-order chi connectivity index (χ1) is 18.8. The Kier molecular flexibility index (Phi) is 11.8. The summed E-state index contributed by atoms with van der Waals surface area (Å²) in [5.41, 5.74) is 1.84. The minimum Gasteiger partial charge on any atom is -0.493 e. The number of hydrogen-bond donors (Lipinski definition) is 4. The largest absolute Gasteiger partial charge is 0.493 e. The zero-order valence-corrected chi connectivity index (χ0v) is 24.0. The number of carbonyl (C=O) groups excluding carboxylic acids is 2. The van der Waals surface area contributed by atoms with Gasteiger partial charge in [-0.05, 0) is 58.3 Å². The van der Waals surface area contributed by atoms with Gasteiger partial charge in [-0.15, -0.1) is 6.58 Å². The molecule has 210 valence electrons. The van der Waals surface area contributed by atoms with Crippen molar-refractivity contribution >= 4 is 34.4 Å². The maximum atomic E-state index is 13.4. The predicted octanol–water partition coefficient (Wildman–Crippen LogP) is 2.70. The van der Waals surface area contributed by atoms with Crippen LogP contribution >= 0.6 is 22.6 Å². The molecule has 2 aromatic rings. The number of halogens is 1. The summed E-state index contributed by atoms with van der Waals surface area (Å²) in [6.45, 7) is 3.61. The average Bonchev–Trinajstić information content (AvgIpc) is 2.95. The molecule has 3 atom stereocenters. The fourth-order valence-electron chi connectivity index (χ4n) is 4.43. The molecule has 0 heterocycles. The van der Waals surface area contributed by atoms with E-state index in [1.54, 1.807) is 29.2 Å². The number of allylic oxidation sites excluding steroid dienone is 1. The lowest BCUT2D eigenvalue weighted by molar-refractivity contribution is -0.139. The van der Waals surface area contributed by atoms with Crippen LogP contribution in [0.4, 0.5) is 0 Å². The van der Waals surface area contributed by atoms with E-state index in [9.17, 15) is 24.9 Å². The summed E-state index contributed by atoms with van der Waals surface area (Å²) in [6, 6.07) is 12.1. The third-order valence-corrected chi connectivity index (χ3v) is 7.22. The van der Waals surface area contributed by atoms with Crippen LogP contribution in [0.1, 0.15) is 30.4 Å². The third-order valence-electron chi connectivity index (χ3n) is 6.42. The van der Waals surface area contributed by atoms with Crippen molar-refractivity contribution in [3.8, 4) is 11.5 Å². The van der Waals surface area contributed by atoms with Gasteiger partial charge in [0.05, 0.1) is 29.9 Å². The van der Waals surface area contributed by atoms with Gasteiger partial charge in [0.15, 0.2) is 11.5 Å². The highest BCUT2D eigenvalue weighted by Crippen LogP contribution is 2.37. The molecule has 0 radical (unpaired) electrons. The van der Waals surface area contributed by atoms with Gasteiger partial charge in [-0.1, -0.05) is 36.4 Å². The Labute approximate surface area is 242 Å². The van der Waals surface area contributed by atoms with Crippen LogP contribution in [0.25, 0.3) is 0 Å². The Balaban J connectivity index is 2.02. The van der Waals surface area contributed by atoms with Crippen molar-refractivity contribution in [1.29, 1.82) is 0 Å². The summed E-state index contributed by atoms with van der Waals surface area (Å²) >= 11 is 2.06. The zero-order chi connectivity index (χ0) is 28.4. The number of aliphatic hydroxyl groups is 3. The molecule has 39 heavy (non-hydrogen) atoms. The second-order valence-corrected chi connectivity index (χ2v) is 10.3. The van der Waals surface area contributed by atoms with Crippen LogP contribution in [0.2, 0.25) is 0 Å². The molecule has 0 fully saturated rings. The number of nitrogens with one attached hydrogen (secondary N) is 1. The van der Waals surface area contributed by atoms with Crippen molar-refractivity contribution in [3.63, 3.8) is 0 Å². The lowest BCUT2D eigenvalue weighted by atomic mass is 9.87. The molecule has 0 saturated carbocycles. The molecule has 1 aliphatic rings. The van der Waals surface area contributed by atoms with Crippen molar-refractivity contribution in [2.45, 2.75) is 50.7 Å². The fraction of sp³-hybridized carbons (Fsp3) is 0.379. The molecular formula is C29H35IN2O7. The molecule has 2 aromatic carbocycles. The van der Waals surface area contributed by atoms with E-state index in [2.05, 4.69) is 34.5 Å². The molecule has 0 saturated heterocycles. The Morgan fingerprint density at radius 1 is 1.21 bits per heavy atom. The fourth-order valence-corrected chi connectivity index (χ4v) is 5.23. The molecule has 0 bridgehead atoms. The van der Waals surface area contributed by atoms with Crippen molar-refractivity contribution in [1.82, 2.24) is 10.2 Å². The molecule has 4 N–H and O–H groups in total. The van der Waals surface area contributed by atoms with E-state index in [-0.39, 0.29) is 45.1 Å². The van der Waals surface area contributed by atoms with E-state index < -0.39 is 24.2 Å². The standard InChI is InChI=1S/C29H35IN2O7/c1-3-4-10-26(35)32(17-19-8-6-5-7-9-19)23-15-21(29(37)31-11-12-33)16-24(27(23)36)39-28-22(30)13-20(18-34)14-25(28)38-2/h3,5-9,13-14,16,23-24,27,33-34,36H,1,4,10-12,15,17-18H2,2H3,(H,31,37)/t23-,24+,27+/m1/s1. The van der Waals surface area contributed by atoms with Crippen molar-refractivity contribution in [3.05, 3.63) is 81.5 Å². The molecule has 9 nitrogen and oxygen atoms in total. The van der Waals surface area contributed by atoms with Crippen LogP contribution in [0.3, 0.4) is 0 Å². The minimum atomic E-state index is -1.17. The Hall–Kier alpha value is -2.93. The Bertz CT molecular complexity index is 1170. The molecule has 3 rings (SSSR count). The quantitative estimate of drug-likeness (QED) is 0.194. The molecule has 2 amide bonds. The van der Waals surface area contributed by atoms with E-state index in [0.717, 1.165) is 5.56 Å². The number of hydrogen-bond acceptors (Lipinski definition) is 7. The number of aliphatic hydroxyl groups excluding tert-OH is 3. The number of nitrogens with zero attached hydrogens (tertiary/aromatic N) is 1. The first-order valence-electron chi connectivity index (χ1n) is 12.7. The van der Waals surface area contributed by atoms with Gasteiger partial charge in [-0.2, -0.15) is 0 Å². The maximum absolute atomic E-state index is 13.4.